The van der Waals surface area contributed by atoms with Crippen LogP contribution in [0.1, 0.15) is 27.7 Å². The first kappa shape index (κ1) is 15.6. The Balaban J connectivity index is 2.09. The van der Waals surface area contributed by atoms with Crippen LogP contribution in [0.15, 0.2) is 30.6 Å². The maximum Gasteiger partial charge on any atom is 0.0437 e. The molecule has 3 N–H and O–H groups in total. The van der Waals surface area contributed by atoms with Crippen molar-refractivity contribution in [3.05, 3.63) is 30.6 Å². The lowest BCUT2D eigenvalue weighted by Crippen LogP contribution is -2.40. The molecule has 0 radical (unpaired) electrons. The van der Waals surface area contributed by atoms with Gasteiger partial charge in [0, 0.05) is 59.7 Å². The largest absolute Gasteiger partial charge is 0.398 e. The minimum atomic E-state index is 0.552. The second kappa shape index (κ2) is 6.76. The van der Waals surface area contributed by atoms with Crippen LogP contribution >= 0.6 is 0 Å². The number of rotatable bonds is 6. The standard InChI is InChI=1S/C17H26N4/c1-12(2)21(13(3)4)10-9-20-17-6-5-16(18)14-7-8-19-11-15(14)17/h5-8,11-13,20H,9-10,18H2,1-4H3. The second-order valence-corrected chi connectivity index (χ2v) is 5.98. The van der Waals surface area contributed by atoms with Gasteiger partial charge in [0.2, 0.25) is 0 Å². The van der Waals surface area contributed by atoms with Crippen molar-refractivity contribution in [3.8, 4) is 0 Å². The van der Waals surface area contributed by atoms with Gasteiger partial charge in [-0.25, -0.2) is 0 Å². The van der Waals surface area contributed by atoms with Crippen LogP contribution in [0.3, 0.4) is 0 Å². The van der Waals surface area contributed by atoms with Crippen LogP contribution in [0.25, 0.3) is 10.8 Å². The summed E-state index contributed by atoms with van der Waals surface area (Å²) < 4.78 is 0. The lowest BCUT2D eigenvalue weighted by Gasteiger charge is -2.30. The highest BCUT2D eigenvalue weighted by Crippen LogP contribution is 2.27. The molecule has 4 nitrogen and oxygen atoms in total. The molecule has 4 heteroatoms. The first-order chi connectivity index (χ1) is 10.0. The molecule has 0 amide bonds. The van der Waals surface area contributed by atoms with Gasteiger partial charge in [-0.3, -0.25) is 9.88 Å². The molecule has 1 heterocycles. The van der Waals surface area contributed by atoms with E-state index in [1.807, 2.05) is 24.4 Å². The van der Waals surface area contributed by atoms with E-state index in [1.165, 1.54) is 0 Å². The topological polar surface area (TPSA) is 54.2 Å². The molecule has 0 unspecified atom stereocenters. The zero-order valence-electron chi connectivity index (χ0n) is 13.4. The van der Waals surface area contributed by atoms with Crippen LogP contribution in [0.5, 0.6) is 0 Å². The van der Waals surface area contributed by atoms with E-state index in [9.17, 15) is 0 Å². The number of nitrogen functional groups attached to an aromatic ring is 1. The molecule has 0 aliphatic rings. The number of nitrogens with two attached hydrogens (primary N) is 1. The number of anilines is 2. The SMILES string of the molecule is CC(C)N(CCNc1ccc(N)c2ccncc12)C(C)C. The Labute approximate surface area is 127 Å². The zero-order chi connectivity index (χ0) is 15.4. The third kappa shape index (κ3) is 3.64. The quantitative estimate of drug-likeness (QED) is 0.800. The fraction of sp³-hybridized carbons (Fsp3) is 0.471. The van der Waals surface area contributed by atoms with Crippen LogP contribution in [-0.2, 0) is 0 Å². The summed E-state index contributed by atoms with van der Waals surface area (Å²) in [7, 11) is 0. The molecule has 0 aliphatic carbocycles. The second-order valence-electron chi connectivity index (χ2n) is 5.98. The van der Waals surface area contributed by atoms with Gasteiger partial charge in [0.15, 0.2) is 0 Å². The molecule has 1 aromatic carbocycles. The average Bonchev–Trinajstić information content (AvgIpc) is 2.45. The van der Waals surface area contributed by atoms with E-state index >= 15 is 0 Å². The van der Waals surface area contributed by atoms with Crippen molar-refractivity contribution < 1.29 is 0 Å². The summed E-state index contributed by atoms with van der Waals surface area (Å²) in [4.78, 5) is 6.69. The lowest BCUT2D eigenvalue weighted by atomic mass is 10.1. The molecule has 0 atom stereocenters. The number of hydrogen-bond donors (Lipinski definition) is 2. The molecule has 0 aliphatic heterocycles. The van der Waals surface area contributed by atoms with Gasteiger partial charge in [-0.2, -0.15) is 0 Å². The van der Waals surface area contributed by atoms with Crippen molar-refractivity contribution in [3.63, 3.8) is 0 Å². The first-order valence-corrected chi connectivity index (χ1v) is 7.62. The molecular formula is C17H26N4. The molecule has 0 fully saturated rings. The van der Waals surface area contributed by atoms with Crippen LogP contribution in [0.4, 0.5) is 11.4 Å². The molecule has 0 bridgehead atoms. The monoisotopic (exact) mass is 286 g/mol. The van der Waals surface area contributed by atoms with E-state index in [4.69, 9.17) is 5.73 Å². The van der Waals surface area contributed by atoms with Crippen LogP contribution in [0, 0.1) is 0 Å². The summed E-state index contributed by atoms with van der Waals surface area (Å²) in [6.07, 6.45) is 3.65. The van der Waals surface area contributed by atoms with Gasteiger partial charge >= 0.3 is 0 Å². The summed E-state index contributed by atoms with van der Waals surface area (Å²) in [6, 6.07) is 7.06. The molecule has 1 aromatic heterocycles. The van der Waals surface area contributed by atoms with Crippen molar-refractivity contribution in [1.29, 1.82) is 0 Å². The van der Waals surface area contributed by atoms with E-state index in [1.54, 1.807) is 6.20 Å². The van der Waals surface area contributed by atoms with Gasteiger partial charge in [-0.15, -0.1) is 0 Å². The van der Waals surface area contributed by atoms with Crippen molar-refractivity contribution in [2.45, 2.75) is 39.8 Å². The Morgan fingerprint density at radius 2 is 1.81 bits per heavy atom. The molecule has 2 rings (SSSR count). The fourth-order valence-electron chi connectivity index (χ4n) is 2.80. The molecule has 0 saturated carbocycles. The predicted octanol–water partition coefficient (Wildman–Crippen LogP) is 3.35. The smallest absolute Gasteiger partial charge is 0.0437 e. The fourth-order valence-corrected chi connectivity index (χ4v) is 2.80. The number of pyridine rings is 1. The highest BCUT2D eigenvalue weighted by molar-refractivity contribution is 6.00. The zero-order valence-corrected chi connectivity index (χ0v) is 13.4. The predicted molar refractivity (Wildman–Crippen MR) is 91.6 cm³/mol. The average molecular weight is 286 g/mol. The Morgan fingerprint density at radius 1 is 1.10 bits per heavy atom. The number of benzene rings is 1. The Hall–Kier alpha value is -1.81. The number of hydrogen-bond acceptors (Lipinski definition) is 4. The van der Waals surface area contributed by atoms with Crippen molar-refractivity contribution in [1.82, 2.24) is 9.88 Å². The van der Waals surface area contributed by atoms with Gasteiger partial charge < -0.3 is 11.1 Å². The number of nitrogens with one attached hydrogen (secondary N) is 1. The molecule has 2 aromatic rings. The minimum absolute atomic E-state index is 0.552. The van der Waals surface area contributed by atoms with Gasteiger partial charge in [-0.1, -0.05) is 0 Å². The lowest BCUT2D eigenvalue weighted by molar-refractivity contribution is 0.182. The summed E-state index contributed by atoms with van der Waals surface area (Å²) >= 11 is 0. The number of aromatic nitrogens is 1. The highest BCUT2D eigenvalue weighted by Gasteiger charge is 2.12. The Bertz CT molecular complexity index is 584. The third-order valence-electron chi connectivity index (χ3n) is 3.86. The molecule has 114 valence electrons. The molecule has 0 spiro atoms. The Morgan fingerprint density at radius 3 is 2.48 bits per heavy atom. The summed E-state index contributed by atoms with van der Waals surface area (Å²) in [6.45, 7) is 10.9. The normalized spacial score (nSPS) is 11.8. The van der Waals surface area contributed by atoms with Gasteiger partial charge in [0.1, 0.15) is 0 Å². The highest BCUT2D eigenvalue weighted by atomic mass is 15.2. The van der Waals surface area contributed by atoms with Crippen molar-refractivity contribution in [2.75, 3.05) is 24.1 Å². The van der Waals surface area contributed by atoms with Crippen molar-refractivity contribution >= 4 is 22.1 Å². The van der Waals surface area contributed by atoms with Gasteiger partial charge in [0.25, 0.3) is 0 Å². The van der Waals surface area contributed by atoms with Gasteiger partial charge in [-0.05, 0) is 45.9 Å². The minimum Gasteiger partial charge on any atom is -0.398 e. The van der Waals surface area contributed by atoms with E-state index in [0.29, 0.717) is 12.1 Å². The van der Waals surface area contributed by atoms with E-state index < -0.39 is 0 Å². The molecule has 0 saturated heterocycles. The number of fused-ring (bicyclic) bond motifs is 1. The van der Waals surface area contributed by atoms with Crippen LogP contribution < -0.4 is 11.1 Å². The summed E-state index contributed by atoms with van der Waals surface area (Å²) in [5.74, 6) is 0. The third-order valence-corrected chi connectivity index (χ3v) is 3.86. The summed E-state index contributed by atoms with van der Waals surface area (Å²) in [5.41, 5.74) is 7.91. The van der Waals surface area contributed by atoms with E-state index in [-0.39, 0.29) is 0 Å². The molecular weight excluding hydrogens is 260 g/mol. The van der Waals surface area contributed by atoms with E-state index in [2.05, 4.69) is 42.9 Å². The van der Waals surface area contributed by atoms with Crippen LogP contribution in [-0.4, -0.2) is 35.1 Å². The maximum atomic E-state index is 6.02. The van der Waals surface area contributed by atoms with Gasteiger partial charge in [0.05, 0.1) is 0 Å². The summed E-state index contributed by atoms with van der Waals surface area (Å²) in [5, 5.41) is 5.65. The first-order valence-electron chi connectivity index (χ1n) is 7.62. The maximum absolute atomic E-state index is 6.02. The van der Waals surface area contributed by atoms with Crippen LogP contribution in [0.2, 0.25) is 0 Å². The van der Waals surface area contributed by atoms with Crippen molar-refractivity contribution in [2.24, 2.45) is 0 Å². The molecule has 21 heavy (non-hydrogen) atoms. The number of nitrogens with zero attached hydrogens (tertiary/aromatic N) is 2. The Kier molecular flexibility index (Phi) is 5.02. The van der Waals surface area contributed by atoms with E-state index in [0.717, 1.165) is 35.2 Å².